The van der Waals surface area contributed by atoms with Crippen molar-refractivity contribution < 1.29 is 14.3 Å². The van der Waals surface area contributed by atoms with Gasteiger partial charge in [-0.3, -0.25) is 14.5 Å². The Hall–Kier alpha value is -3.02. The first kappa shape index (κ1) is 19.3. The molecule has 0 aromatic heterocycles. The van der Waals surface area contributed by atoms with Gasteiger partial charge in [-0.25, -0.2) is 0 Å². The Morgan fingerprint density at radius 2 is 1.62 bits per heavy atom. The van der Waals surface area contributed by atoms with E-state index in [1.807, 2.05) is 54.6 Å². The van der Waals surface area contributed by atoms with Crippen molar-refractivity contribution in [3.05, 3.63) is 99.9 Å². The van der Waals surface area contributed by atoms with E-state index in [1.54, 1.807) is 30.3 Å². The number of amides is 2. The summed E-state index contributed by atoms with van der Waals surface area (Å²) in [5, 5.41) is 0.327. The van der Waals surface area contributed by atoms with E-state index in [1.165, 1.54) is 4.90 Å². The molecule has 3 aromatic rings. The Balaban J connectivity index is 1.51. The number of thioether (sulfide) groups is 1. The molecule has 29 heavy (non-hydrogen) atoms. The van der Waals surface area contributed by atoms with Crippen LogP contribution in [0.25, 0.3) is 6.08 Å². The molecule has 2 amide bonds. The molecule has 0 atom stereocenters. The minimum absolute atomic E-state index is 0.219. The highest BCUT2D eigenvalue weighted by Gasteiger charge is 2.34. The average molecular weight is 422 g/mol. The van der Waals surface area contributed by atoms with E-state index >= 15 is 0 Å². The van der Waals surface area contributed by atoms with Crippen LogP contribution in [0.2, 0.25) is 5.02 Å². The number of hydrogen-bond donors (Lipinski definition) is 0. The smallest absolute Gasteiger partial charge is 0.293 e. The fraction of sp³-hybridized carbons (Fsp3) is 0.0435. The number of halogens is 1. The second kappa shape index (κ2) is 8.55. The Bertz CT molecular complexity index is 1080. The fourth-order valence-electron chi connectivity index (χ4n) is 2.85. The van der Waals surface area contributed by atoms with Crippen LogP contribution in [-0.2, 0) is 11.3 Å². The number of nitrogens with zero attached hydrogens (tertiary/aromatic N) is 1. The van der Waals surface area contributed by atoms with Crippen molar-refractivity contribution in [3.8, 4) is 11.5 Å². The largest absolute Gasteiger partial charge is 0.457 e. The lowest BCUT2D eigenvalue weighted by molar-refractivity contribution is -0.123. The van der Waals surface area contributed by atoms with Crippen molar-refractivity contribution in [3.63, 3.8) is 0 Å². The van der Waals surface area contributed by atoms with E-state index in [-0.39, 0.29) is 17.7 Å². The quantitative estimate of drug-likeness (QED) is 0.449. The third-order valence-electron chi connectivity index (χ3n) is 4.26. The van der Waals surface area contributed by atoms with E-state index in [2.05, 4.69) is 0 Å². The molecule has 0 bridgehead atoms. The highest BCUT2D eigenvalue weighted by molar-refractivity contribution is 8.18. The third-order valence-corrected chi connectivity index (χ3v) is 5.42. The van der Waals surface area contributed by atoms with Gasteiger partial charge in [-0.2, -0.15) is 0 Å². The summed E-state index contributed by atoms with van der Waals surface area (Å²) in [6, 6.07) is 23.9. The normalized spacial score (nSPS) is 15.2. The zero-order valence-corrected chi connectivity index (χ0v) is 16.8. The minimum Gasteiger partial charge on any atom is -0.457 e. The van der Waals surface area contributed by atoms with Gasteiger partial charge in [0, 0.05) is 5.02 Å². The summed E-state index contributed by atoms with van der Waals surface area (Å²) >= 11 is 6.83. The highest BCUT2D eigenvalue weighted by Crippen LogP contribution is 2.34. The molecule has 3 aromatic carbocycles. The number of benzene rings is 3. The van der Waals surface area contributed by atoms with Crippen molar-refractivity contribution in [1.82, 2.24) is 4.90 Å². The summed E-state index contributed by atoms with van der Waals surface area (Å²) in [7, 11) is 0. The minimum atomic E-state index is -0.302. The maximum absolute atomic E-state index is 12.7. The summed E-state index contributed by atoms with van der Waals surface area (Å²) in [4.78, 5) is 26.7. The van der Waals surface area contributed by atoms with Crippen LogP contribution < -0.4 is 4.74 Å². The van der Waals surface area contributed by atoms with Crippen LogP contribution in [0.5, 0.6) is 11.5 Å². The molecular formula is C23H16ClNO3S. The number of rotatable bonds is 5. The summed E-state index contributed by atoms with van der Waals surface area (Å²) in [6.45, 7) is 0.219. The van der Waals surface area contributed by atoms with Gasteiger partial charge >= 0.3 is 0 Å². The molecule has 4 rings (SSSR count). The molecule has 1 fully saturated rings. The van der Waals surface area contributed by atoms with Gasteiger partial charge in [-0.1, -0.05) is 54.1 Å². The van der Waals surface area contributed by atoms with Crippen LogP contribution in [0.15, 0.2) is 83.8 Å². The molecule has 6 heteroatoms. The lowest BCUT2D eigenvalue weighted by Crippen LogP contribution is -2.27. The van der Waals surface area contributed by atoms with Gasteiger partial charge in [0.2, 0.25) is 0 Å². The molecule has 0 unspecified atom stereocenters. The van der Waals surface area contributed by atoms with Crippen molar-refractivity contribution >= 4 is 40.6 Å². The van der Waals surface area contributed by atoms with Crippen molar-refractivity contribution in [1.29, 1.82) is 0 Å². The van der Waals surface area contributed by atoms with Gasteiger partial charge in [-0.15, -0.1) is 0 Å². The molecule has 1 aliphatic heterocycles. The first-order chi connectivity index (χ1) is 14.1. The molecule has 0 saturated carbocycles. The number of carbonyl (C=O) groups is 2. The number of para-hydroxylation sites is 1. The first-order valence-electron chi connectivity index (χ1n) is 8.91. The van der Waals surface area contributed by atoms with Gasteiger partial charge in [0.05, 0.1) is 11.4 Å². The lowest BCUT2D eigenvalue weighted by Gasteiger charge is -2.12. The van der Waals surface area contributed by atoms with Crippen LogP contribution in [0.4, 0.5) is 4.79 Å². The Morgan fingerprint density at radius 1 is 0.897 bits per heavy atom. The second-order valence-corrected chi connectivity index (χ2v) is 7.81. The third kappa shape index (κ3) is 4.70. The van der Waals surface area contributed by atoms with Crippen LogP contribution in [0, 0.1) is 0 Å². The van der Waals surface area contributed by atoms with E-state index in [0.29, 0.717) is 15.7 Å². The van der Waals surface area contributed by atoms with Crippen molar-refractivity contribution in [2.45, 2.75) is 6.54 Å². The molecule has 1 heterocycles. The molecule has 0 spiro atoms. The van der Waals surface area contributed by atoms with Gasteiger partial charge in [0.15, 0.2) is 0 Å². The predicted octanol–water partition coefficient (Wildman–Crippen LogP) is 6.37. The Labute approximate surface area is 177 Å². The van der Waals surface area contributed by atoms with Crippen molar-refractivity contribution in [2.24, 2.45) is 0 Å². The van der Waals surface area contributed by atoms with Crippen molar-refractivity contribution in [2.75, 3.05) is 0 Å². The molecule has 1 saturated heterocycles. The van der Waals surface area contributed by atoms with Gasteiger partial charge in [0.1, 0.15) is 11.5 Å². The summed E-state index contributed by atoms with van der Waals surface area (Å²) in [5.74, 6) is 1.09. The SMILES string of the molecule is O=C1S/C(=C\c2cccc(Oc3ccccc3)c2)C(=O)N1Cc1ccc(Cl)cc1. The standard InChI is InChI=1S/C23H16ClNO3S/c24-18-11-9-16(10-12-18)15-25-22(26)21(29-23(25)27)14-17-5-4-8-20(13-17)28-19-6-2-1-3-7-19/h1-14H,15H2/b21-14-. The van der Waals surface area contributed by atoms with Gasteiger partial charge < -0.3 is 4.74 Å². The number of carbonyl (C=O) groups excluding carboxylic acids is 2. The Kier molecular flexibility index (Phi) is 5.69. The summed E-state index contributed by atoms with van der Waals surface area (Å²) in [5.41, 5.74) is 1.63. The molecule has 4 nitrogen and oxygen atoms in total. The first-order valence-corrected chi connectivity index (χ1v) is 10.1. The summed E-state index contributed by atoms with van der Waals surface area (Å²) in [6.07, 6.45) is 1.71. The monoisotopic (exact) mass is 421 g/mol. The van der Waals surface area contributed by atoms with E-state index in [9.17, 15) is 9.59 Å². The summed E-state index contributed by atoms with van der Waals surface area (Å²) < 4.78 is 5.83. The van der Waals surface area contributed by atoms with Gasteiger partial charge in [0.25, 0.3) is 11.1 Å². The topological polar surface area (TPSA) is 46.6 Å². The van der Waals surface area contributed by atoms with Gasteiger partial charge in [-0.05, 0) is 65.4 Å². The van der Waals surface area contributed by atoms with E-state index in [0.717, 1.165) is 28.6 Å². The van der Waals surface area contributed by atoms with Crippen LogP contribution in [0.1, 0.15) is 11.1 Å². The average Bonchev–Trinajstić information content (AvgIpc) is 2.98. The zero-order chi connectivity index (χ0) is 20.2. The maximum atomic E-state index is 12.7. The molecule has 0 N–H and O–H groups in total. The Morgan fingerprint density at radius 3 is 2.38 bits per heavy atom. The van der Waals surface area contributed by atoms with Crippen LogP contribution in [-0.4, -0.2) is 16.0 Å². The molecule has 0 radical (unpaired) electrons. The predicted molar refractivity (Wildman–Crippen MR) is 116 cm³/mol. The maximum Gasteiger partial charge on any atom is 0.293 e. The number of ether oxygens (including phenoxy) is 1. The molecule has 144 valence electrons. The molecule has 1 aliphatic rings. The fourth-order valence-corrected chi connectivity index (χ4v) is 3.82. The second-order valence-electron chi connectivity index (χ2n) is 6.38. The van der Waals surface area contributed by atoms with E-state index in [4.69, 9.17) is 16.3 Å². The van der Waals surface area contributed by atoms with Crippen LogP contribution >= 0.6 is 23.4 Å². The number of hydrogen-bond acceptors (Lipinski definition) is 4. The van der Waals surface area contributed by atoms with Crippen LogP contribution in [0.3, 0.4) is 0 Å². The zero-order valence-electron chi connectivity index (χ0n) is 15.2. The molecule has 0 aliphatic carbocycles. The molecular weight excluding hydrogens is 406 g/mol. The van der Waals surface area contributed by atoms with E-state index < -0.39 is 0 Å². The lowest BCUT2D eigenvalue weighted by atomic mass is 10.2. The highest BCUT2D eigenvalue weighted by atomic mass is 35.5. The number of imide groups is 1.